The van der Waals surface area contributed by atoms with Gasteiger partial charge in [0.15, 0.2) is 0 Å². The summed E-state index contributed by atoms with van der Waals surface area (Å²) in [4.78, 5) is 23.4. The zero-order valence-electron chi connectivity index (χ0n) is 13.5. The Hall–Kier alpha value is -1.36. The third-order valence-electron chi connectivity index (χ3n) is 4.70. The molecule has 0 bridgehead atoms. The van der Waals surface area contributed by atoms with Gasteiger partial charge in [-0.05, 0) is 56.7 Å². The molecule has 0 radical (unpaired) electrons. The molecule has 3 unspecified atom stereocenters. The van der Waals surface area contributed by atoms with Crippen molar-refractivity contribution < 1.29 is 19.4 Å². The Balaban J connectivity index is 1.92. The van der Waals surface area contributed by atoms with Gasteiger partial charge < -0.3 is 9.84 Å². The first-order valence-corrected chi connectivity index (χ1v) is 8.84. The number of ether oxygens (including phenoxy) is 1. The summed E-state index contributed by atoms with van der Waals surface area (Å²) in [6.07, 6.45) is 3.10. The van der Waals surface area contributed by atoms with Gasteiger partial charge in [0.2, 0.25) is 0 Å². The first kappa shape index (κ1) is 18.0. The number of hydrogen-bond donors (Lipinski definition) is 1. The van der Waals surface area contributed by atoms with Crippen LogP contribution in [0.15, 0.2) is 28.7 Å². The predicted molar refractivity (Wildman–Crippen MR) is 91.2 cm³/mol. The topological polar surface area (TPSA) is 63.6 Å². The van der Waals surface area contributed by atoms with Gasteiger partial charge in [0.1, 0.15) is 0 Å². The Kier molecular flexibility index (Phi) is 5.84. The summed E-state index contributed by atoms with van der Waals surface area (Å²) < 4.78 is 5.91. The number of rotatable bonds is 8. The van der Waals surface area contributed by atoms with Crippen molar-refractivity contribution in [3.05, 3.63) is 34.3 Å². The van der Waals surface area contributed by atoms with Crippen LogP contribution in [0.2, 0.25) is 0 Å². The maximum atomic E-state index is 11.8. The molecule has 1 aliphatic carbocycles. The molecule has 0 heterocycles. The molecule has 126 valence electrons. The van der Waals surface area contributed by atoms with Crippen LogP contribution in [0, 0.1) is 11.8 Å². The number of aliphatic carboxylic acids is 1. The van der Waals surface area contributed by atoms with Crippen LogP contribution in [0.4, 0.5) is 0 Å². The Labute approximate surface area is 145 Å². The number of carboxylic acids is 1. The molecular formula is C18H23BrO4. The zero-order valence-corrected chi connectivity index (χ0v) is 15.1. The lowest BCUT2D eigenvalue weighted by Crippen LogP contribution is -2.32. The summed E-state index contributed by atoms with van der Waals surface area (Å²) in [6, 6.07) is 7.47. The largest absolute Gasteiger partial charge is 0.481 e. The van der Waals surface area contributed by atoms with E-state index in [0.717, 1.165) is 29.3 Å². The molecule has 3 atom stereocenters. The molecule has 0 aliphatic heterocycles. The molecule has 0 saturated heterocycles. The van der Waals surface area contributed by atoms with Crippen molar-refractivity contribution in [2.45, 2.75) is 44.9 Å². The summed E-state index contributed by atoms with van der Waals surface area (Å²) >= 11 is 3.40. The highest BCUT2D eigenvalue weighted by Crippen LogP contribution is 2.44. The van der Waals surface area contributed by atoms with E-state index >= 15 is 0 Å². The molecule has 1 fully saturated rings. The van der Waals surface area contributed by atoms with Crippen molar-refractivity contribution in [2.24, 2.45) is 11.8 Å². The number of carboxylic acid groups (broad SMARTS) is 1. The highest BCUT2D eigenvalue weighted by atomic mass is 79.9. The summed E-state index contributed by atoms with van der Waals surface area (Å²) in [6.45, 7) is 4.00. The second-order valence-electron chi connectivity index (χ2n) is 6.39. The van der Waals surface area contributed by atoms with Gasteiger partial charge in [-0.1, -0.05) is 34.5 Å². The van der Waals surface area contributed by atoms with Crippen LogP contribution in [0.3, 0.4) is 0 Å². The zero-order chi connectivity index (χ0) is 17.0. The third kappa shape index (κ3) is 4.34. The van der Waals surface area contributed by atoms with Crippen molar-refractivity contribution in [3.8, 4) is 0 Å². The molecule has 23 heavy (non-hydrogen) atoms. The fourth-order valence-corrected chi connectivity index (χ4v) is 3.43. The van der Waals surface area contributed by atoms with Gasteiger partial charge in [-0.15, -0.1) is 0 Å². The average molecular weight is 383 g/mol. The quantitative estimate of drug-likeness (QED) is 0.685. The summed E-state index contributed by atoms with van der Waals surface area (Å²) in [5, 5.41) is 9.68. The normalized spacial score (nSPS) is 22.2. The molecule has 0 spiro atoms. The van der Waals surface area contributed by atoms with E-state index in [2.05, 4.69) is 15.9 Å². The molecule has 5 heteroatoms. The number of halogens is 1. The molecule has 1 aromatic rings. The van der Waals surface area contributed by atoms with Crippen LogP contribution in [0.1, 0.15) is 45.1 Å². The van der Waals surface area contributed by atoms with Crippen LogP contribution < -0.4 is 0 Å². The minimum atomic E-state index is -0.905. The molecule has 1 aromatic carbocycles. The maximum absolute atomic E-state index is 11.8. The number of esters is 1. The van der Waals surface area contributed by atoms with Crippen LogP contribution in [-0.2, 0) is 19.7 Å². The molecule has 1 saturated carbocycles. The summed E-state index contributed by atoms with van der Waals surface area (Å²) in [5.74, 6) is -0.537. The minimum absolute atomic E-state index is 0.0249. The first-order chi connectivity index (χ1) is 10.9. The van der Waals surface area contributed by atoms with Gasteiger partial charge in [0.25, 0.3) is 0 Å². The van der Waals surface area contributed by atoms with Gasteiger partial charge in [0.05, 0.1) is 17.9 Å². The molecule has 4 nitrogen and oxygen atoms in total. The Morgan fingerprint density at radius 3 is 2.78 bits per heavy atom. The van der Waals surface area contributed by atoms with E-state index in [1.54, 1.807) is 6.92 Å². The number of carbonyl (C=O) groups excluding carboxylic acids is 1. The molecule has 2 rings (SSSR count). The average Bonchev–Trinajstić information content (AvgIpc) is 3.26. The first-order valence-electron chi connectivity index (χ1n) is 8.04. The van der Waals surface area contributed by atoms with E-state index in [0.29, 0.717) is 18.9 Å². The maximum Gasteiger partial charge on any atom is 0.313 e. The second-order valence-corrected chi connectivity index (χ2v) is 7.31. The minimum Gasteiger partial charge on any atom is -0.481 e. The number of carbonyl (C=O) groups is 2. The number of benzene rings is 1. The van der Waals surface area contributed by atoms with Crippen molar-refractivity contribution in [2.75, 3.05) is 6.61 Å². The van der Waals surface area contributed by atoms with Gasteiger partial charge in [-0.25, -0.2) is 0 Å². The smallest absolute Gasteiger partial charge is 0.313 e. The van der Waals surface area contributed by atoms with Crippen LogP contribution >= 0.6 is 15.9 Å². The number of hydrogen-bond acceptors (Lipinski definition) is 3. The lowest BCUT2D eigenvalue weighted by Gasteiger charge is -2.25. The van der Waals surface area contributed by atoms with E-state index in [1.807, 2.05) is 31.2 Å². The molecule has 1 N–H and O–H groups in total. The van der Waals surface area contributed by atoms with Crippen LogP contribution in [0.5, 0.6) is 0 Å². The summed E-state index contributed by atoms with van der Waals surface area (Å²) in [5.41, 5.74) is -0.102. The molecule has 0 aromatic heterocycles. The Morgan fingerprint density at radius 1 is 1.43 bits per heavy atom. The Bertz CT molecular complexity index is 586. The fraction of sp³-hybridized carbons (Fsp3) is 0.556. The SMILES string of the molecule is CCOC(=O)C1CC1CCCC(C)(C(=O)O)c1cccc(Br)c1. The van der Waals surface area contributed by atoms with E-state index in [1.165, 1.54) is 0 Å². The van der Waals surface area contributed by atoms with E-state index in [4.69, 9.17) is 4.74 Å². The highest BCUT2D eigenvalue weighted by molar-refractivity contribution is 9.10. The molecule has 1 aliphatic rings. The third-order valence-corrected chi connectivity index (χ3v) is 5.19. The van der Waals surface area contributed by atoms with Crippen molar-refractivity contribution in [1.29, 1.82) is 0 Å². The van der Waals surface area contributed by atoms with Crippen molar-refractivity contribution in [1.82, 2.24) is 0 Å². The highest BCUT2D eigenvalue weighted by Gasteiger charge is 2.44. The van der Waals surface area contributed by atoms with E-state index in [9.17, 15) is 14.7 Å². The predicted octanol–water partition coefficient (Wildman–Crippen LogP) is 4.16. The summed E-state index contributed by atoms with van der Waals surface area (Å²) in [7, 11) is 0. The lowest BCUT2D eigenvalue weighted by molar-refractivity contribution is -0.145. The van der Waals surface area contributed by atoms with Gasteiger partial charge in [0, 0.05) is 4.47 Å². The van der Waals surface area contributed by atoms with Gasteiger partial charge >= 0.3 is 11.9 Å². The van der Waals surface area contributed by atoms with Crippen LogP contribution in [0.25, 0.3) is 0 Å². The fourth-order valence-electron chi connectivity index (χ4n) is 3.03. The standard InChI is InChI=1S/C18H23BrO4/c1-3-23-16(20)15-10-12(15)6-5-9-18(2,17(21)22)13-7-4-8-14(19)11-13/h4,7-8,11-12,15H,3,5-6,9-10H2,1-2H3,(H,21,22). The Morgan fingerprint density at radius 2 is 2.17 bits per heavy atom. The van der Waals surface area contributed by atoms with Crippen molar-refractivity contribution >= 4 is 27.9 Å². The van der Waals surface area contributed by atoms with E-state index in [-0.39, 0.29) is 11.9 Å². The van der Waals surface area contributed by atoms with E-state index < -0.39 is 11.4 Å². The van der Waals surface area contributed by atoms with Crippen molar-refractivity contribution in [3.63, 3.8) is 0 Å². The lowest BCUT2D eigenvalue weighted by atomic mass is 9.78. The van der Waals surface area contributed by atoms with Gasteiger partial charge in [-0.2, -0.15) is 0 Å². The van der Waals surface area contributed by atoms with Gasteiger partial charge in [-0.3, -0.25) is 9.59 Å². The van der Waals surface area contributed by atoms with Crippen LogP contribution in [-0.4, -0.2) is 23.7 Å². The second kappa shape index (κ2) is 7.47. The monoisotopic (exact) mass is 382 g/mol. The molecule has 0 amide bonds. The molecular weight excluding hydrogens is 360 g/mol.